The molecular formula is C33H50N2O11Si4. The second kappa shape index (κ2) is 16.8. The van der Waals surface area contributed by atoms with E-state index in [1.807, 2.05) is 6.55 Å². The van der Waals surface area contributed by atoms with E-state index >= 15 is 0 Å². The van der Waals surface area contributed by atoms with Gasteiger partial charge in [0.1, 0.15) is 0 Å². The van der Waals surface area contributed by atoms with Crippen molar-refractivity contribution in [3.05, 3.63) is 69.8 Å². The Morgan fingerprint density at radius 2 is 1.04 bits per heavy atom. The van der Waals surface area contributed by atoms with E-state index < -0.39 is 63.8 Å². The van der Waals surface area contributed by atoms with Gasteiger partial charge in [-0.05, 0) is 81.1 Å². The van der Waals surface area contributed by atoms with Gasteiger partial charge in [-0.2, -0.15) is 0 Å². The van der Waals surface area contributed by atoms with Gasteiger partial charge in [-0.1, -0.05) is 45.7 Å². The topological polar surface area (TPSA) is 187 Å². The van der Waals surface area contributed by atoms with Crippen LogP contribution in [0.25, 0.3) is 0 Å². The van der Waals surface area contributed by atoms with Crippen molar-refractivity contribution in [2.45, 2.75) is 90.4 Å². The van der Waals surface area contributed by atoms with Gasteiger partial charge in [0, 0.05) is 24.7 Å². The van der Waals surface area contributed by atoms with E-state index in [2.05, 4.69) is 51.0 Å². The zero-order chi connectivity index (χ0) is 37.5. The fraction of sp³-hybridized carbons (Fsp3) is 0.485. The summed E-state index contributed by atoms with van der Waals surface area (Å²) in [6.07, 6.45) is 2.46. The molecule has 0 spiro atoms. The summed E-state index contributed by atoms with van der Waals surface area (Å²) < 4.78 is 27.6. The Morgan fingerprint density at radius 3 is 1.46 bits per heavy atom. The van der Waals surface area contributed by atoms with Crippen molar-refractivity contribution in [1.82, 2.24) is 10.6 Å². The number of aromatic carboxylic acids is 2. The van der Waals surface area contributed by atoms with Crippen molar-refractivity contribution in [2.24, 2.45) is 0 Å². The van der Waals surface area contributed by atoms with Crippen LogP contribution in [0, 0.1) is 0 Å². The molecule has 3 rings (SSSR count). The molecule has 4 N–H and O–H groups in total. The van der Waals surface area contributed by atoms with E-state index in [9.17, 15) is 34.2 Å². The zero-order valence-corrected chi connectivity index (χ0v) is 34.2. The minimum absolute atomic E-state index is 0.00701. The summed E-state index contributed by atoms with van der Waals surface area (Å²) in [4.78, 5) is 62.8. The Bertz CT molecular complexity index is 1630. The first-order chi connectivity index (χ1) is 23.4. The van der Waals surface area contributed by atoms with Gasteiger partial charge in [-0.3, -0.25) is 14.4 Å². The summed E-state index contributed by atoms with van der Waals surface area (Å²) in [7, 11) is -9.37. The van der Waals surface area contributed by atoms with Gasteiger partial charge in [0.25, 0.3) is 11.8 Å². The third-order valence-corrected chi connectivity index (χ3v) is 27.7. The van der Waals surface area contributed by atoms with E-state index in [0.717, 1.165) is 43.1 Å². The SMILES string of the molecule is CCCC[Si]1(C)O[Si](C)(CC)O[Si](C)(CC)O[Si](C)(CCCNC(=O)c2cc(C(=O)c3ccc(C(=O)O)c(C(=O)NC)c3)ccc2C(=O)O)O1. The van der Waals surface area contributed by atoms with E-state index in [1.165, 1.54) is 31.3 Å². The number of benzene rings is 2. The molecule has 1 fully saturated rings. The minimum Gasteiger partial charge on any atom is -0.478 e. The predicted molar refractivity (Wildman–Crippen MR) is 197 cm³/mol. The van der Waals surface area contributed by atoms with E-state index in [0.29, 0.717) is 12.5 Å². The molecule has 1 aliphatic rings. The smallest absolute Gasteiger partial charge is 0.336 e. The molecule has 274 valence electrons. The summed E-state index contributed by atoms with van der Waals surface area (Å²) >= 11 is 0. The van der Waals surface area contributed by atoms with Crippen molar-refractivity contribution in [1.29, 1.82) is 0 Å². The van der Waals surface area contributed by atoms with Gasteiger partial charge < -0.3 is 37.3 Å². The van der Waals surface area contributed by atoms with Gasteiger partial charge in [-0.15, -0.1) is 0 Å². The Morgan fingerprint density at radius 1 is 0.620 bits per heavy atom. The molecular weight excluding hydrogens is 713 g/mol. The summed E-state index contributed by atoms with van der Waals surface area (Å²) in [6, 6.07) is 10.1. The number of amides is 2. The lowest BCUT2D eigenvalue weighted by atomic mass is 9.95. The van der Waals surface area contributed by atoms with Gasteiger partial charge in [0.15, 0.2) is 5.78 Å². The standard InChI is InChI=1S/C33H50N2O11Si4/c1-9-12-19-49(7)44-47(5,10-2)43-48(6,11-3)45-50(8,46-49)20-13-18-35-31(38)28-22-24(15-17-26(28)33(41)42)29(36)23-14-16-25(32(39)40)27(21-23)30(37)34-4/h14-17,21-22H,9-13,18-20H2,1-8H3,(H,34,37)(H,35,38)(H,39,40)(H,41,42). The predicted octanol–water partition coefficient (Wildman–Crippen LogP) is 6.00. The lowest BCUT2D eigenvalue weighted by molar-refractivity contribution is 0.0682. The average molecular weight is 763 g/mol. The van der Waals surface area contributed by atoms with Gasteiger partial charge in [-0.25, -0.2) is 9.59 Å². The van der Waals surface area contributed by atoms with Crippen molar-refractivity contribution in [2.75, 3.05) is 13.6 Å². The number of hydrogen-bond donors (Lipinski definition) is 4. The lowest BCUT2D eigenvalue weighted by Gasteiger charge is -2.50. The molecule has 0 aromatic heterocycles. The Labute approximate surface area is 298 Å². The third-order valence-electron chi connectivity index (χ3n) is 8.83. The molecule has 2 amide bonds. The Kier molecular flexibility index (Phi) is 13.8. The Hall–Kier alpha value is -3.30. The van der Waals surface area contributed by atoms with E-state index in [1.54, 1.807) is 0 Å². The fourth-order valence-corrected chi connectivity index (χ4v) is 28.6. The average Bonchev–Trinajstić information content (AvgIpc) is 3.06. The van der Waals surface area contributed by atoms with Crippen molar-refractivity contribution in [3.63, 3.8) is 0 Å². The van der Waals surface area contributed by atoms with Gasteiger partial charge in [0.05, 0.1) is 22.3 Å². The van der Waals surface area contributed by atoms with Gasteiger partial charge in [0.2, 0.25) is 0 Å². The highest BCUT2D eigenvalue weighted by Crippen LogP contribution is 2.37. The first-order valence-electron chi connectivity index (χ1n) is 17.0. The van der Waals surface area contributed by atoms with Crippen LogP contribution < -0.4 is 10.6 Å². The van der Waals surface area contributed by atoms with Crippen molar-refractivity contribution >= 4 is 63.8 Å². The summed E-state index contributed by atoms with van der Waals surface area (Å²) in [6.45, 7) is 14.8. The molecule has 1 saturated heterocycles. The molecule has 0 radical (unpaired) electrons. The van der Waals surface area contributed by atoms with Crippen LogP contribution in [0.2, 0.25) is 50.4 Å². The zero-order valence-electron chi connectivity index (χ0n) is 30.2. The number of carboxylic acid groups (broad SMARTS) is 2. The van der Waals surface area contributed by atoms with Crippen LogP contribution in [-0.4, -0.2) is 87.6 Å². The molecule has 2 aromatic rings. The number of nitrogens with one attached hydrogen (secondary N) is 2. The minimum atomic E-state index is -2.86. The molecule has 0 bridgehead atoms. The molecule has 2 aromatic carbocycles. The highest BCUT2D eigenvalue weighted by Gasteiger charge is 2.55. The normalized spacial score (nSPS) is 25.2. The molecule has 0 saturated carbocycles. The number of hydrogen-bond acceptors (Lipinski definition) is 9. The van der Waals surface area contributed by atoms with Crippen LogP contribution in [0.15, 0.2) is 36.4 Å². The largest absolute Gasteiger partial charge is 0.478 e. The second-order valence-electron chi connectivity index (χ2n) is 13.2. The molecule has 17 heteroatoms. The summed E-state index contributed by atoms with van der Waals surface area (Å²) in [5, 5.41) is 24.4. The van der Waals surface area contributed by atoms with Crippen LogP contribution in [0.1, 0.15) is 97.4 Å². The maximum absolute atomic E-state index is 13.4. The monoisotopic (exact) mass is 762 g/mol. The quantitative estimate of drug-likeness (QED) is 0.0947. The molecule has 13 nitrogen and oxygen atoms in total. The van der Waals surface area contributed by atoms with E-state index in [4.69, 9.17) is 16.5 Å². The van der Waals surface area contributed by atoms with Crippen LogP contribution in [0.3, 0.4) is 0 Å². The third kappa shape index (κ3) is 10.2. The van der Waals surface area contributed by atoms with Crippen LogP contribution in [0.5, 0.6) is 0 Å². The molecule has 4 unspecified atom stereocenters. The first-order valence-corrected chi connectivity index (χ1v) is 27.1. The molecule has 0 aliphatic carbocycles. The van der Waals surface area contributed by atoms with E-state index in [-0.39, 0.29) is 39.9 Å². The summed E-state index contributed by atoms with van der Waals surface area (Å²) in [5.74, 6) is -4.68. The van der Waals surface area contributed by atoms with Crippen molar-refractivity contribution in [3.8, 4) is 0 Å². The summed E-state index contributed by atoms with van der Waals surface area (Å²) in [5.41, 5.74) is -1.02. The number of rotatable bonds is 15. The lowest BCUT2D eigenvalue weighted by Crippen LogP contribution is -2.67. The highest BCUT2D eigenvalue weighted by atomic mass is 28.5. The molecule has 50 heavy (non-hydrogen) atoms. The highest BCUT2D eigenvalue weighted by molar-refractivity contribution is 6.93. The van der Waals surface area contributed by atoms with Crippen LogP contribution >= 0.6 is 0 Å². The van der Waals surface area contributed by atoms with Crippen molar-refractivity contribution < 1.29 is 50.6 Å². The molecule has 1 aliphatic heterocycles. The number of carbonyl (C=O) groups is 5. The molecule has 4 atom stereocenters. The number of unbranched alkanes of at least 4 members (excludes halogenated alkanes) is 1. The first kappa shape index (κ1) is 41.1. The number of ketones is 1. The number of carboxylic acids is 2. The van der Waals surface area contributed by atoms with Crippen LogP contribution in [0.4, 0.5) is 0 Å². The maximum Gasteiger partial charge on any atom is 0.336 e. The fourth-order valence-electron chi connectivity index (χ4n) is 6.03. The van der Waals surface area contributed by atoms with Crippen LogP contribution in [-0.2, 0) is 16.5 Å². The second-order valence-corrected chi connectivity index (χ2v) is 27.9. The Balaban J connectivity index is 1.82. The van der Waals surface area contributed by atoms with Gasteiger partial charge >= 0.3 is 46.2 Å². The molecule has 1 heterocycles. The maximum atomic E-state index is 13.4. The number of carbonyl (C=O) groups excluding carboxylic acids is 3.